The summed E-state index contributed by atoms with van der Waals surface area (Å²) in [6, 6.07) is 5.97. The molecular weight excluding hydrogens is 340 g/mol. The molecule has 1 aliphatic heterocycles. The second-order valence-corrected chi connectivity index (χ2v) is 6.49. The van der Waals surface area contributed by atoms with Crippen molar-refractivity contribution in [2.75, 3.05) is 12.4 Å². The van der Waals surface area contributed by atoms with E-state index in [1.165, 1.54) is 12.1 Å². The van der Waals surface area contributed by atoms with Gasteiger partial charge in [-0.2, -0.15) is 4.99 Å². The largest absolute Gasteiger partial charge is 0.465 e. The standard InChI is InChI=1S/C14H12N2O5S2/c1-2-21-12(17)8-22-14-15-13(18)11(23-14)7-9-4-3-5-10(6-9)16(19)20/h3-7H,2,8H2,1H3. The number of carbonyl (C=O) groups excluding carboxylic acids is 2. The molecular formula is C14H12N2O5S2. The molecule has 1 amide bonds. The molecule has 0 N–H and O–H groups in total. The minimum atomic E-state index is -0.497. The highest BCUT2D eigenvalue weighted by Crippen LogP contribution is 2.34. The SMILES string of the molecule is CCOC(=O)CSC1=NC(=O)C(=Cc2cccc([N+](=O)[O-])c2)S1. The van der Waals surface area contributed by atoms with Crippen LogP contribution < -0.4 is 0 Å². The van der Waals surface area contributed by atoms with Crippen LogP contribution in [-0.2, 0) is 14.3 Å². The Morgan fingerprint density at radius 1 is 1.52 bits per heavy atom. The molecule has 0 fully saturated rings. The number of non-ortho nitro benzene ring substituents is 1. The maximum Gasteiger partial charge on any atom is 0.316 e. The summed E-state index contributed by atoms with van der Waals surface area (Å²) in [7, 11) is 0. The number of nitrogens with zero attached hydrogens (tertiary/aromatic N) is 2. The molecule has 9 heteroatoms. The molecule has 1 aromatic rings. The highest BCUT2D eigenvalue weighted by atomic mass is 32.2. The van der Waals surface area contributed by atoms with Crippen molar-refractivity contribution >= 4 is 51.5 Å². The molecule has 1 aromatic carbocycles. The van der Waals surface area contributed by atoms with Crippen molar-refractivity contribution in [2.45, 2.75) is 6.92 Å². The van der Waals surface area contributed by atoms with Crippen molar-refractivity contribution < 1.29 is 19.2 Å². The number of nitro groups is 1. The Balaban J connectivity index is 2.03. The molecule has 0 spiro atoms. The van der Waals surface area contributed by atoms with Crippen molar-refractivity contribution in [2.24, 2.45) is 4.99 Å². The molecule has 120 valence electrons. The Morgan fingerprint density at radius 2 is 2.30 bits per heavy atom. The molecule has 7 nitrogen and oxygen atoms in total. The fourth-order valence-electron chi connectivity index (χ4n) is 1.65. The third-order valence-electron chi connectivity index (χ3n) is 2.60. The van der Waals surface area contributed by atoms with Gasteiger partial charge in [-0.05, 0) is 18.6 Å². The highest BCUT2D eigenvalue weighted by molar-refractivity contribution is 8.41. The van der Waals surface area contributed by atoms with Gasteiger partial charge in [-0.25, -0.2) is 0 Å². The van der Waals surface area contributed by atoms with Gasteiger partial charge >= 0.3 is 5.97 Å². The third kappa shape index (κ3) is 4.93. The molecule has 0 atom stereocenters. The average molecular weight is 352 g/mol. The van der Waals surface area contributed by atoms with Crippen molar-refractivity contribution in [3.63, 3.8) is 0 Å². The van der Waals surface area contributed by atoms with Crippen LogP contribution in [0.3, 0.4) is 0 Å². The van der Waals surface area contributed by atoms with E-state index in [9.17, 15) is 19.7 Å². The monoisotopic (exact) mass is 352 g/mol. The second-order valence-electron chi connectivity index (χ2n) is 4.24. The lowest BCUT2D eigenvalue weighted by Crippen LogP contribution is -2.07. The van der Waals surface area contributed by atoms with Crippen LogP contribution in [0, 0.1) is 10.1 Å². The lowest BCUT2D eigenvalue weighted by atomic mass is 10.2. The van der Waals surface area contributed by atoms with Gasteiger partial charge in [0.2, 0.25) is 0 Å². The van der Waals surface area contributed by atoms with Gasteiger partial charge in [0.25, 0.3) is 11.6 Å². The third-order valence-corrected chi connectivity index (χ3v) is 4.70. The van der Waals surface area contributed by atoms with Crippen LogP contribution in [0.25, 0.3) is 6.08 Å². The Bertz CT molecular complexity index is 715. The van der Waals surface area contributed by atoms with Crippen LogP contribution >= 0.6 is 23.5 Å². The van der Waals surface area contributed by atoms with Crippen LogP contribution in [0.1, 0.15) is 12.5 Å². The summed E-state index contributed by atoms with van der Waals surface area (Å²) in [4.78, 5) is 37.6. The van der Waals surface area contributed by atoms with Gasteiger partial charge in [-0.3, -0.25) is 19.7 Å². The van der Waals surface area contributed by atoms with Gasteiger partial charge in [0.15, 0.2) is 0 Å². The van der Waals surface area contributed by atoms with Crippen LogP contribution in [0.5, 0.6) is 0 Å². The predicted molar refractivity (Wildman–Crippen MR) is 90.2 cm³/mol. The van der Waals surface area contributed by atoms with Crippen molar-refractivity contribution in [1.82, 2.24) is 0 Å². The number of hydrogen-bond donors (Lipinski definition) is 0. The zero-order chi connectivity index (χ0) is 16.8. The van der Waals surface area contributed by atoms with E-state index in [2.05, 4.69) is 4.99 Å². The van der Waals surface area contributed by atoms with E-state index >= 15 is 0 Å². The normalized spacial score (nSPS) is 15.6. The molecule has 0 radical (unpaired) electrons. The zero-order valence-electron chi connectivity index (χ0n) is 12.1. The van der Waals surface area contributed by atoms with Crippen molar-refractivity contribution in [1.29, 1.82) is 0 Å². The summed E-state index contributed by atoms with van der Waals surface area (Å²) in [5, 5.41) is 10.8. The number of amides is 1. The molecule has 0 unspecified atom stereocenters. The van der Waals surface area contributed by atoms with Gasteiger partial charge in [0.05, 0.1) is 22.2 Å². The molecule has 1 heterocycles. The summed E-state index contributed by atoms with van der Waals surface area (Å²) in [6.45, 7) is 2.02. The number of aliphatic imine (C=N–C) groups is 1. The maximum absolute atomic E-state index is 11.8. The number of rotatable bonds is 5. The summed E-state index contributed by atoms with van der Waals surface area (Å²) < 4.78 is 5.26. The smallest absolute Gasteiger partial charge is 0.316 e. The van der Waals surface area contributed by atoms with E-state index in [1.54, 1.807) is 25.1 Å². The molecule has 2 rings (SSSR count). The fraction of sp³-hybridized carbons (Fsp3) is 0.214. The quantitative estimate of drug-likeness (QED) is 0.348. The first-order chi connectivity index (χ1) is 11.0. The first-order valence-corrected chi connectivity index (χ1v) is 8.35. The Hall–Kier alpha value is -2.13. The summed E-state index contributed by atoms with van der Waals surface area (Å²) in [5.74, 6) is -0.714. The molecule has 0 aliphatic carbocycles. The van der Waals surface area contributed by atoms with Crippen LogP contribution in [-0.4, -0.2) is 33.5 Å². The van der Waals surface area contributed by atoms with Gasteiger partial charge in [0.1, 0.15) is 4.38 Å². The predicted octanol–water partition coefficient (Wildman–Crippen LogP) is 2.86. The van der Waals surface area contributed by atoms with E-state index in [0.29, 0.717) is 21.5 Å². The van der Waals surface area contributed by atoms with Crippen LogP contribution in [0.15, 0.2) is 34.2 Å². The topological polar surface area (TPSA) is 98.9 Å². The first-order valence-electron chi connectivity index (χ1n) is 6.55. The molecule has 23 heavy (non-hydrogen) atoms. The lowest BCUT2D eigenvalue weighted by Gasteiger charge is -2.00. The second kappa shape index (κ2) is 7.93. The van der Waals surface area contributed by atoms with Crippen LogP contribution in [0.4, 0.5) is 5.69 Å². The number of benzene rings is 1. The molecule has 1 aliphatic rings. The van der Waals surface area contributed by atoms with E-state index in [1.807, 2.05) is 0 Å². The van der Waals surface area contributed by atoms with Gasteiger partial charge < -0.3 is 4.74 Å². The zero-order valence-corrected chi connectivity index (χ0v) is 13.7. The number of hydrogen-bond acceptors (Lipinski definition) is 7. The Morgan fingerprint density at radius 3 is 3.00 bits per heavy atom. The highest BCUT2D eigenvalue weighted by Gasteiger charge is 2.23. The number of ether oxygens (including phenoxy) is 1. The van der Waals surface area contributed by atoms with Gasteiger partial charge in [-0.15, -0.1) is 0 Å². The average Bonchev–Trinajstić information content (AvgIpc) is 2.86. The summed E-state index contributed by atoms with van der Waals surface area (Å²) in [6.07, 6.45) is 1.54. The molecule has 0 aromatic heterocycles. The fourth-order valence-corrected chi connectivity index (χ4v) is 3.45. The van der Waals surface area contributed by atoms with E-state index in [4.69, 9.17) is 4.74 Å². The molecule has 0 saturated heterocycles. The van der Waals surface area contributed by atoms with E-state index in [-0.39, 0.29) is 17.4 Å². The first kappa shape index (κ1) is 17.2. The van der Waals surface area contributed by atoms with Gasteiger partial charge in [-0.1, -0.05) is 35.7 Å². The van der Waals surface area contributed by atoms with Crippen LogP contribution in [0.2, 0.25) is 0 Å². The number of esters is 1. The number of carbonyl (C=O) groups is 2. The Labute approximate surface area is 140 Å². The van der Waals surface area contributed by atoms with Crippen molar-refractivity contribution in [3.05, 3.63) is 44.8 Å². The molecule has 0 bridgehead atoms. The number of thioether (sulfide) groups is 2. The van der Waals surface area contributed by atoms with Gasteiger partial charge in [0, 0.05) is 12.1 Å². The molecule has 0 saturated carbocycles. The summed E-state index contributed by atoms with van der Waals surface area (Å²) in [5.41, 5.74) is 0.495. The van der Waals surface area contributed by atoms with E-state index in [0.717, 1.165) is 23.5 Å². The minimum absolute atomic E-state index is 0.0485. The lowest BCUT2D eigenvalue weighted by molar-refractivity contribution is -0.384. The Kier molecular flexibility index (Phi) is 5.94. The maximum atomic E-state index is 11.8. The minimum Gasteiger partial charge on any atom is -0.465 e. The van der Waals surface area contributed by atoms with E-state index < -0.39 is 10.8 Å². The van der Waals surface area contributed by atoms with Crippen molar-refractivity contribution in [3.8, 4) is 0 Å². The number of nitro benzene ring substituents is 1. The summed E-state index contributed by atoms with van der Waals surface area (Å²) >= 11 is 2.26.